The number of hydrogen-bond acceptors (Lipinski definition) is 3. The molecule has 0 radical (unpaired) electrons. The fourth-order valence-corrected chi connectivity index (χ4v) is 3.11. The summed E-state index contributed by atoms with van der Waals surface area (Å²) in [5.74, 6) is -1.17. The van der Waals surface area contributed by atoms with Crippen LogP contribution in [-0.2, 0) is 6.54 Å². The Labute approximate surface area is 157 Å². The number of alkyl halides is 3. The molecule has 0 unspecified atom stereocenters. The van der Waals surface area contributed by atoms with Gasteiger partial charge in [-0.1, -0.05) is 12.1 Å². The third-order valence-corrected chi connectivity index (χ3v) is 4.67. The van der Waals surface area contributed by atoms with Crippen LogP contribution in [-0.4, -0.2) is 19.3 Å². The maximum absolute atomic E-state index is 12.7. The maximum Gasteiger partial charge on any atom is 0.391 e. The highest BCUT2D eigenvalue weighted by Gasteiger charge is 2.41. The molecule has 1 heterocycles. The molecule has 0 aliphatic carbocycles. The van der Waals surface area contributed by atoms with Gasteiger partial charge in [-0.15, -0.1) is 12.4 Å². The summed E-state index contributed by atoms with van der Waals surface area (Å²) in [6.07, 6.45) is -3.74. The Morgan fingerprint density at radius 1 is 0.923 bits per heavy atom. The minimum atomic E-state index is -4.07. The first kappa shape index (κ1) is 20.4. The number of halogens is 4. The van der Waals surface area contributed by atoms with Gasteiger partial charge in [0.05, 0.1) is 5.92 Å². The molecule has 1 aliphatic rings. The Kier molecular flexibility index (Phi) is 6.78. The second-order valence-corrected chi connectivity index (χ2v) is 6.38. The van der Waals surface area contributed by atoms with E-state index in [9.17, 15) is 13.2 Å². The third kappa shape index (κ3) is 5.05. The van der Waals surface area contributed by atoms with Crippen molar-refractivity contribution >= 4 is 29.5 Å². The first-order valence-electron chi connectivity index (χ1n) is 8.43. The first-order valence-corrected chi connectivity index (χ1v) is 8.43. The number of anilines is 3. The van der Waals surface area contributed by atoms with Gasteiger partial charge in [-0.2, -0.15) is 13.2 Å². The summed E-state index contributed by atoms with van der Waals surface area (Å²) in [4.78, 5) is 2.02. The van der Waals surface area contributed by atoms with Crippen LogP contribution in [0.3, 0.4) is 0 Å². The molecule has 7 heteroatoms. The second kappa shape index (κ2) is 8.64. The molecule has 1 fully saturated rings. The Morgan fingerprint density at radius 2 is 1.42 bits per heavy atom. The smallest absolute Gasteiger partial charge is 0.372 e. The van der Waals surface area contributed by atoms with Gasteiger partial charge in [0.15, 0.2) is 0 Å². The van der Waals surface area contributed by atoms with Crippen molar-refractivity contribution in [1.82, 2.24) is 0 Å². The van der Waals surface area contributed by atoms with Crippen molar-refractivity contribution in [1.29, 1.82) is 0 Å². The minimum absolute atomic E-state index is 0. The third-order valence-electron chi connectivity index (χ3n) is 4.67. The van der Waals surface area contributed by atoms with Crippen molar-refractivity contribution in [3.63, 3.8) is 0 Å². The Morgan fingerprint density at radius 3 is 1.88 bits per heavy atom. The highest BCUT2D eigenvalue weighted by atomic mass is 35.5. The first-order chi connectivity index (χ1) is 12.0. The monoisotopic (exact) mass is 385 g/mol. The molecule has 2 aromatic carbocycles. The zero-order valence-corrected chi connectivity index (χ0v) is 15.1. The topological polar surface area (TPSA) is 41.3 Å². The van der Waals surface area contributed by atoms with Gasteiger partial charge in [0.25, 0.3) is 0 Å². The zero-order chi connectivity index (χ0) is 17.9. The van der Waals surface area contributed by atoms with Crippen molar-refractivity contribution in [2.75, 3.05) is 23.3 Å². The van der Waals surface area contributed by atoms with Crippen LogP contribution in [0.15, 0.2) is 48.5 Å². The molecule has 2 aromatic rings. The molecule has 3 N–H and O–H groups in total. The largest absolute Gasteiger partial charge is 0.391 e. The molecule has 26 heavy (non-hydrogen) atoms. The molecule has 3 nitrogen and oxygen atoms in total. The molecule has 1 saturated heterocycles. The number of piperidine rings is 1. The standard InChI is InChI=1S/C19H22F3N3.ClH/c20-19(21,22)15-9-11-25(12-10-15)18-7-5-17(6-8-18)24-16-3-1-14(13-23)2-4-16;/h1-8,15,24H,9-13,23H2;1H. The fourth-order valence-electron chi connectivity index (χ4n) is 3.11. The minimum Gasteiger partial charge on any atom is -0.372 e. The van der Waals surface area contributed by atoms with Gasteiger partial charge >= 0.3 is 6.18 Å². The van der Waals surface area contributed by atoms with Crippen molar-refractivity contribution in [3.05, 3.63) is 54.1 Å². The quantitative estimate of drug-likeness (QED) is 0.770. The molecule has 0 spiro atoms. The lowest BCUT2D eigenvalue weighted by atomic mass is 9.96. The highest BCUT2D eigenvalue weighted by molar-refractivity contribution is 5.85. The number of nitrogens with two attached hydrogens (primary N) is 1. The summed E-state index contributed by atoms with van der Waals surface area (Å²) in [7, 11) is 0. The van der Waals surface area contributed by atoms with Gasteiger partial charge in [-0.05, 0) is 54.8 Å². The summed E-state index contributed by atoms with van der Waals surface area (Å²) in [6.45, 7) is 1.40. The fraction of sp³-hybridized carbons (Fsp3) is 0.368. The summed E-state index contributed by atoms with van der Waals surface area (Å²) in [6, 6.07) is 15.7. The van der Waals surface area contributed by atoms with E-state index in [0.717, 1.165) is 22.6 Å². The molecule has 0 amide bonds. The van der Waals surface area contributed by atoms with Crippen LogP contribution in [0.5, 0.6) is 0 Å². The van der Waals surface area contributed by atoms with Crippen LogP contribution < -0.4 is 16.0 Å². The normalized spacial score (nSPS) is 15.5. The lowest BCUT2D eigenvalue weighted by Gasteiger charge is -2.34. The Bertz CT molecular complexity index is 679. The van der Waals surface area contributed by atoms with Crippen molar-refractivity contribution in [3.8, 4) is 0 Å². The molecule has 0 atom stereocenters. The van der Waals surface area contributed by atoms with Gasteiger partial charge in [0.2, 0.25) is 0 Å². The van der Waals surface area contributed by atoms with Gasteiger partial charge in [0.1, 0.15) is 0 Å². The Balaban J connectivity index is 0.00000243. The van der Waals surface area contributed by atoms with Gasteiger partial charge in [0, 0.05) is 36.7 Å². The predicted octanol–water partition coefficient (Wildman–Crippen LogP) is 5.09. The number of hydrogen-bond donors (Lipinski definition) is 2. The van der Waals surface area contributed by atoms with Gasteiger partial charge < -0.3 is 16.0 Å². The van der Waals surface area contributed by atoms with E-state index in [1.807, 2.05) is 53.4 Å². The average molecular weight is 386 g/mol. The van der Waals surface area contributed by atoms with E-state index in [1.165, 1.54) is 0 Å². The summed E-state index contributed by atoms with van der Waals surface area (Å²) in [5, 5.41) is 3.30. The predicted molar refractivity (Wildman–Crippen MR) is 102 cm³/mol. The highest BCUT2D eigenvalue weighted by Crippen LogP contribution is 2.35. The van der Waals surface area contributed by atoms with Crippen LogP contribution >= 0.6 is 12.4 Å². The lowest BCUT2D eigenvalue weighted by molar-refractivity contribution is -0.179. The average Bonchev–Trinajstić information content (AvgIpc) is 2.62. The molecule has 3 rings (SSSR count). The van der Waals surface area contributed by atoms with E-state index >= 15 is 0 Å². The lowest BCUT2D eigenvalue weighted by Crippen LogP contribution is -2.38. The van der Waals surface area contributed by atoms with E-state index in [4.69, 9.17) is 5.73 Å². The van der Waals surface area contributed by atoms with Crippen LogP contribution in [0.2, 0.25) is 0 Å². The maximum atomic E-state index is 12.7. The van der Waals surface area contributed by atoms with E-state index in [2.05, 4.69) is 5.32 Å². The number of nitrogens with one attached hydrogen (secondary N) is 1. The number of benzene rings is 2. The summed E-state index contributed by atoms with van der Waals surface area (Å²) in [5.41, 5.74) is 9.53. The summed E-state index contributed by atoms with van der Waals surface area (Å²) >= 11 is 0. The van der Waals surface area contributed by atoms with Crippen LogP contribution in [0.1, 0.15) is 18.4 Å². The summed E-state index contributed by atoms with van der Waals surface area (Å²) < 4.78 is 38.2. The van der Waals surface area contributed by atoms with Crippen molar-refractivity contribution in [2.24, 2.45) is 11.7 Å². The SMILES string of the molecule is Cl.NCc1ccc(Nc2ccc(N3CCC(C(F)(F)F)CC3)cc2)cc1. The number of nitrogens with zero attached hydrogens (tertiary/aromatic N) is 1. The zero-order valence-electron chi connectivity index (χ0n) is 14.3. The van der Waals surface area contributed by atoms with Crippen molar-refractivity contribution < 1.29 is 13.2 Å². The van der Waals surface area contributed by atoms with Crippen LogP contribution in [0.25, 0.3) is 0 Å². The Hall–Kier alpha value is -1.92. The van der Waals surface area contributed by atoms with E-state index in [1.54, 1.807) is 0 Å². The molecule has 142 valence electrons. The van der Waals surface area contributed by atoms with Gasteiger partial charge in [-0.3, -0.25) is 0 Å². The molecular weight excluding hydrogens is 363 g/mol. The van der Waals surface area contributed by atoms with Crippen molar-refractivity contribution in [2.45, 2.75) is 25.6 Å². The van der Waals surface area contributed by atoms with E-state index < -0.39 is 12.1 Å². The second-order valence-electron chi connectivity index (χ2n) is 6.38. The van der Waals surface area contributed by atoms with E-state index in [0.29, 0.717) is 19.6 Å². The van der Waals surface area contributed by atoms with Crippen LogP contribution in [0, 0.1) is 5.92 Å². The number of rotatable bonds is 4. The molecule has 1 aliphatic heterocycles. The molecule has 0 bridgehead atoms. The van der Waals surface area contributed by atoms with Crippen LogP contribution in [0.4, 0.5) is 30.2 Å². The van der Waals surface area contributed by atoms with Gasteiger partial charge in [-0.25, -0.2) is 0 Å². The van der Waals surface area contributed by atoms with E-state index in [-0.39, 0.29) is 25.2 Å². The molecule has 0 saturated carbocycles. The molecular formula is C19H23ClF3N3. The molecule has 0 aromatic heterocycles.